The highest BCUT2D eigenvalue weighted by atomic mass is 79.9. The summed E-state index contributed by atoms with van der Waals surface area (Å²) in [5, 5.41) is 10.9. The van der Waals surface area contributed by atoms with E-state index in [0.29, 0.717) is 4.47 Å². The minimum Gasteiger partial charge on any atom is -0.368 e. The minimum atomic E-state index is -0.818. The van der Waals surface area contributed by atoms with E-state index >= 15 is 0 Å². The molecular formula is C11H7BrClFN4O2. The first kappa shape index (κ1) is 14.6. The summed E-state index contributed by atoms with van der Waals surface area (Å²) >= 11 is 8.84. The van der Waals surface area contributed by atoms with E-state index in [9.17, 15) is 14.5 Å². The molecule has 2 rings (SSSR count). The Morgan fingerprint density at radius 3 is 2.70 bits per heavy atom. The van der Waals surface area contributed by atoms with Crippen molar-refractivity contribution in [2.75, 3.05) is 5.73 Å². The molecule has 0 amide bonds. The smallest absolute Gasteiger partial charge is 0.316 e. The van der Waals surface area contributed by atoms with Crippen molar-refractivity contribution in [2.45, 2.75) is 6.92 Å². The van der Waals surface area contributed by atoms with E-state index in [4.69, 9.17) is 17.3 Å². The summed E-state index contributed by atoms with van der Waals surface area (Å²) in [6.07, 6.45) is 0. The minimum absolute atomic E-state index is 0.0518. The van der Waals surface area contributed by atoms with Gasteiger partial charge in [-0.3, -0.25) is 10.1 Å². The molecule has 1 aromatic heterocycles. The molecule has 104 valence electrons. The lowest BCUT2D eigenvalue weighted by atomic mass is 10.1. The fourth-order valence-corrected chi connectivity index (χ4v) is 2.17. The molecule has 0 aliphatic heterocycles. The van der Waals surface area contributed by atoms with Crippen molar-refractivity contribution in [3.63, 3.8) is 0 Å². The maximum absolute atomic E-state index is 14.2. The summed E-state index contributed by atoms with van der Waals surface area (Å²) in [5.74, 6) is -0.997. The lowest BCUT2D eigenvalue weighted by Crippen LogP contribution is -2.05. The molecule has 0 fully saturated rings. The molecule has 20 heavy (non-hydrogen) atoms. The number of nitro groups is 1. The van der Waals surface area contributed by atoms with Crippen LogP contribution in [0.3, 0.4) is 0 Å². The predicted molar refractivity (Wildman–Crippen MR) is 75.9 cm³/mol. The van der Waals surface area contributed by atoms with Crippen LogP contribution in [0.2, 0.25) is 5.02 Å². The molecule has 0 aliphatic carbocycles. The average molecular weight is 362 g/mol. The third-order valence-corrected chi connectivity index (χ3v) is 3.81. The first-order valence-corrected chi connectivity index (χ1v) is 6.42. The zero-order valence-electron chi connectivity index (χ0n) is 10.0. The highest BCUT2D eigenvalue weighted by Crippen LogP contribution is 2.37. The van der Waals surface area contributed by atoms with E-state index in [2.05, 4.69) is 25.9 Å². The van der Waals surface area contributed by atoms with Gasteiger partial charge in [-0.25, -0.2) is 14.4 Å². The molecule has 0 spiro atoms. The summed E-state index contributed by atoms with van der Waals surface area (Å²) in [4.78, 5) is 17.9. The van der Waals surface area contributed by atoms with Crippen molar-refractivity contribution in [3.8, 4) is 11.3 Å². The molecule has 9 heteroatoms. The number of benzene rings is 1. The molecule has 0 aliphatic rings. The van der Waals surface area contributed by atoms with Gasteiger partial charge >= 0.3 is 5.69 Å². The lowest BCUT2D eigenvalue weighted by Gasteiger charge is -2.08. The topological polar surface area (TPSA) is 94.9 Å². The van der Waals surface area contributed by atoms with Gasteiger partial charge < -0.3 is 5.73 Å². The zero-order valence-corrected chi connectivity index (χ0v) is 12.4. The van der Waals surface area contributed by atoms with Crippen molar-refractivity contribution in [2.24, 2.45) is 0 Å². The number of rotatable bonds is 2. The number of halogens is 3. The van der Waals surface area contributed by atoms with Gasteiger partial charge in [-0.05, 0) is 35.0 Å². The molecular weight excluding hydrogens is 355 g/mol. The van der Waals surface area contributed by atoms with E-state index in [1.807, 2.05) is 0 Å². The predicted octanol–water partition coefficient (Wildman–Crippen LogP) is 3.50. The maximum Gasteiger partial charge on any atom is 0.316 e. The summed E-state index contributed by atoms with van der Waals surface area (Å²) < 4.78 is 14.5. The summed E-state index contributed by atoms with van der Waals surface area (Å²) in [6, 6.07) is 2.80. The third kappa shape index (κ3) is 2.44. The number of hydrogen-bond donors (Lipinski definition) is 1. The average Bonchev–Trinajstić information content (AvgIpc) is 2.34. The van der Waals surface area contributed by atoms with Crippen molar-refractivity contribution in [1.82, 2.24) is 9.97 Å². The maximum atomic E-state index is 14.2. The second kappa shape index (κ2) is 5.29. The summed E-state index contributed by atoms with van der Waals surface area (Å²) in [6.45, 7) is 1.40. The second-order valence-corrected chi connectivity index (χ2v) is 5.08. The van der Waals surface area contributed by atoms with Crippen molar-refractivity contribution >= 4 is 39.2 Å². The first-order chi connectivity index (χ1) is 9.32. The van der Waals surface area contributed by atoms with Crippen LogP contribution in [0.15, 0.2) is 16.6 Å². The molecule has 1 heterocycles. The Balaban J connectivity index is 2.82. The van der Waals surface area contributed by atoms with Crippen LogP contribution >= 0.6 is 27.5 Å². The molecule has 0 saturated carbocycles. The van der Waals surface area contributed by atoms with Crippen LogP contribution in [0.1, 0.15) is 5.69 Å². The van der Waals surface area contributed by atoms with E-state index in [1.165, 1.54) is 19.1 Å². The number of anilines is 1. The number of nitrogens with two attached hydrogens (primary N) is 1. The van der Waals surface area contributed by atoms with Gasteiger partial charge in [0, 0.05) is 10.0 Å². The Morgan fingerprint density at radius 1 is 1.45 bits per heavy atom. The van der Waals surface area contributed by atoms with E-state index in [1.54, 1.807) is 0 Å². The van der Waals surface area contributed by atoms with Crippen LogP contribution < -0.4 is 5.73 Å². The lowest BCUT2D eigenvalue weighted by molar-refractivity contribution is -0.385. The Morgan fingerprint density at radius 2 is 2.10 bits per heavy atom. The fourth-order valence-electron chi connectivity index (χ4n) is 1.70. The molecule has 0 radical (unpaired) electrons. The number of aromatic nitrogens is 2. The normalized spacial score (nSPS) is 10.6. The van der Waals surface area contributed by atoms with Crippen LogP contribution in [0.25, 0.3) is 11.3 Å². The Kier molecular flexibility index (Phi) is 3.87. The fraction of sp³-hybridized carbons (Fsp3) is 0.0909. The molecule has 0 atom stereocenters. The van der Waals surface area contributed by atoms with Crippen LogP contribution in [0.5, 0.6) is 0 Å². The van der Waals surface area contributed by atoms with Gasteiger partial charge in [0.25, 0.3) is 0 Å². The number of aryl methyl sites for hydroxylation is 1. The van der Waals surface area contributed by atoms with Crippen LogP contribution in [-0.4, -0.2) is 14.9 Å². The molecule has 0 saturated heterocycles. The number of hydrogen-bond acceptors (Lipinski definition) is 5. The van der Waals surface area contributed by atoms with Gasteiger partial charge in [-0.1, -0.05) is 11.6 Å². The van der Waals surface area contributed by atoms with Crippen LogP contribution in [-0.2, 0) is 0 Å². The van der Waals surface area contributed by atoms with Gasteiger partial charge in [0.1, 0.15) is 5.69 Å². The molecule has 1 aromatic carbocycles. The zero-order chi connectivity index (χ0) is 15.0. The third-order valence-electron chi connectivity index (χ3n) is 2.55. The molecule has 6 nitrogen and oxygen atoms in total. The van der Waals surface area contributed by atoms with Gasteiger partial charge in [0.2, 0.25) is 5.95 Å². The number of nitrogen functional groups attached to an aromatic ring is 1. The van der Waals surface area contributed by atoms with E-state index in [-0.39, 0.29) is 27.9 Å². The summed E-state index contributed by atoms with van der Waals surface area (Å²) in [5.41, 5.74) is 4.81. The molecule has 2 aromatic rings. The second-order valence-electron chi connectivity index (χ2n) is 3.84. The number of nitrogens with zero attached hydrogens (tertiary/aromatic N) is 3. The monoisotopic (exact) mass is 360 g/mol. The molecule has 0 unspecified atom stereocenters. The van der Waals surface area contributed by atoms with Crippen molar-refractivity contribution in [3.05, 3.63) is 43.3 Å². The van der Waals surface area contributed by atoms with Gasteiger partial charge in [0.05, 0.1) is 9.95 Å². The van der Waals surface area contributed by atoms with Gasteiger partial charge in [-0.15, -0.1) is 0 Å². The summed E-state index contributed by atoms with van der Waals surface area (Å²) in [7, 11) is 0. The highest BCUT2D eigenvalue weighted by Gasteiger charge is 2.26. The molecule has 0 bridgehead atoms. The Bertz CT molecular complexity index is 726. The van der Waals surface area contributed by atoms with Gasteiger partial charge in [0.15, 0.2) is 11.5 Å². The van der Waals surface area contributed by atoms with Crippen molar-refractivity contribution in [1.29, 1.82) is 0 Å². The molecule has 2 N–H and O–H groups in total. The van der Waals surface area contributed by atoms with Gasteiger partial charge in [-0.2, -0.15) is 0 Å². The van der Waals surface area contributed by atoms with E-state index in [0.717, 1.165) is 0 Å². The highest BCUT2D eigenvalue weighted by molar-refractivity contribution is 9.10. The Labute approximate surface area is 126 Å². The quantitative estimate of drug-likeness (QED) is 0.502. The largest absolute Gasteiger partial charge is 0.368 e. The SMILES string of the molecule is Cc1nc(N)nc(-c2ccc(Br)c(Cl)c2F)c1[N+](=O)[O-]. The first-order valence-electron chi connectivity index (χ1n) is 5.25. The standard InChI is InChI=1S/C11H7BrClFN4O2/c1-4-10(18(19)20)9(17-11(15)16-4)5-2-3-6(12)7(13)8(5)14/h2-3H,1H3,(H2,15,16,17). The van der Waals surface area contributed by atoms with Crippen molar-refractivity contribution < 1.29 is 9.31 Å². The van der Waals surface area contributed by atoms with E-state index < -0.39 is 16.4 Å². The van der Waals surface area contributed by atoms with Crippen LogP contribution in [0, 0.1) is 22.9 Å². The van der Waals surface area contributed by atoms with Crippen LogP contribution in [0.4, 0.5) is 16.0 Å². The Hall–Kier alpha value is -1.80.